The molecule has 112 valence electrons. The maximum atomic E-state index is 12.5. The van der Waals surface area contributed by atoms with Crippen LogP contribution in [-0.2, 0) is 12.8 Å². The van der Waals surface area contributed by atoms with Gasteiger partial charge in [0, 0.05) is 10.9 Å². The van der Waals surface area contributed by atoms with Crippen molar-refractivity contribution in [3.05, 3.63) is 26.6 Å². The highest BCUT2D eigenvalue weighted by Crippen LogP contribution is 2.35. The number of H-pyrrole nitrogens is 1. The minimum Gasteiger partial charge on any atom is -0.309 e. The second-order valence-corrected chi connectivity index (χ2v) is 7.73. The van der Waals surface area contributed by atoms with Gasteiger partial charge in [0.15, 0.2) is 0 Å². The number of hydrogen-bond acceptors (Lipinski definition) is 4. The molecule has 0 radical (unpaired) electrons. The van der Waals surface area contributed by atoms with Crippen LogP contribution in [0.3, 0.4) is 0 Å². The lowest BCUT2D eigenvalue weighted by molar-refractivity contribution is 0.509. The lowest BCUT2D eigenvalue weighted by Crippen LogP contribution is -2.25. The molecule has 2 aromatic heterocycles. The molecule has 0 bridgehead atoms. The Bertz CT molecular complexity index is 744. The van der Waals surface area contributed by atoms with E-state index >= 15 is 0 Å². The van der Waals surface area contributed by atoms with Crippen LogP contribution in [0.4, 0.5) is 0 Å². The topological polar surface area (TPSA) is 57.8 Å². The van der Waals surface area contributed by atoms with E-state index in [1.165, 1.54) is 29.7 Å². The second-order valence-electron chi connectivity index (χ2n) is 6.65. The fourth-order valence-electron chi connectivity index (χ4n) is 3.25. The average molecular weight is 303 g/mol. The Labute approximate surface area is 128 Å². The molecule has 2 N–H and O–H groups in total. The number of aryl methyl sites for hydroxylation is 1. The van der Waals surface area contributed by atoms with Crippen molar-refractivity contribution < 1.29 is 0 Å². The highest BCUT2D eigenvalue weighted by atomic mass is 32.1. The summed E-state index contributed by atoms with van der Waals surface area (Å²) in [6.07, 6.45) is 5.78. The van der Waals surface area contributed by atoms with Crippen LogP contribution < -0.4 is 10.9 Å². The van der Waals surface area contributed by atoms with Gasteiger partial charge >= 0.3 is 0 Å². The summed E-state index contributed by atoms with van der Waals surface area (Å²) in [5.74, 6) is 1.51. The molecule has 0 unspecified atom stereocenters. The Morgan fingerprint density at radius 3 is 2.95 bits per heavy atom. The Hall–Kier alpha value is -1.20. The first-order valence-electron chi connectivity index (χ1n) is 7.92. The van der Waals surface area contributed by atoms with Gasteiger partial charge in [-0.25, -0.2) is 4.98 Å². The number of nitrogens with one attached hydrogen (secondary N) is 2. The minimum atomic E-state index is 0.0477. The van der Waals surface area contributed by atoms with Gasteiger partial charge in [0.1, 0.15) is 10.7 Å². The van der Waals surface area contributed by atoms with Crippen molar-refractivity contribution in [2.24, 2.45) is 5.92 Å². The standard InChI is InChI=1S/C16H21N3OS/c1-8-3-6-11-12(7-8)21-16-13(11)15(20)18-14(19-16)9(2)17-10-4-5-10/h8-10,17H,3-7H2,1-2H3,(H,18,19,20)/t8-,9-/m1/s1. The summed E-state index contributed by atoms with van der Waals surface area (Å²) in [6.45, 7) is 4.37. The van der Waals surface area contributed by atoms with Crippen molar-refractivity contribution in [3.8, 4) is 0 Å². The van der Waals surface area contributed by atoms with E-state index in [0.717, 1.165) is 34.8 Å². The van der Waals surface area contributed by atoms with E-state index in [0.29, 0.717) is 6.04 Å². The fraction of sp³-hybridized carbons (Fsp3) is 0.625. The molecule has 21 heavy (non-hydrogen) atoms. The number of fused-ring (bicyclic) bond motifs is 3. The van der Waals surface area contributed by atoms with Crippen molar-refractivity contribution in [1.82, 2.24) is 15.3 Å². The van der Waals surface area contributed by atoms with Crippen LogP contribution in [0.15, 0.2) is 4.79 Å². The smallest absolute Gasteiger partial charge is 0.259 e. The van der Waals surface area contributed by atoms with Crippen LogP contribution in [-0.4, -0.2) is 16.0 Å². The lowest BCUT2D eigenvalue weighted by atomic mass is 9.89. The Kier molecular flexibility index (Phi) is 3.15. The maximum Gasteiger partial charge on any atom is 0.259 e. The molecular weight excluding hydrogens is 282 g/mol. The van der Waals surface area contributed by atoms with Crippen molar-refractivity contribution in [1.29, 1.82) is 0 Å². The second kappa shape index (κ2) is 4.92. The summed E-state index contributed by atoms with van der Waals surface area (Å²) in [7, 11) is 0. The molecule has 4 nitrogen and oxygen atoms in total. The van der Waals surface area contributed by atoms with Crippen molar-refractivity contribution in [3.63, 3.8) is 0 Å². The van der Waals surface area contributed by atoms with E-state index in [-0.39, 0.29) is 11.6 Å². The predicted octanol–water partition coefficient (Wildman–Crippen LogP) is 2.92. The molecule has 5 heteroatoms. The SMILES string of the molecule is C[C@@H]1CCc2c(sc3nc([C@@H](C)NC4CC4)[nH]c(=O)c23)C1. The van der Waals surface area contributed by atoms with Crippen LogP contribution in [0.5, 0.6) is 0 Å². The van der Waals surface area contributed by atoms with Gasteiger partial charge in [-0.15, -0.1) is 11.3 Å². The summed E-state index contributed by atoms with van der Waals surface area (Å²) >= 11 is 1.72. The zero-order chi connectivity index (χ0) is 14.6. The third kappa shape index (κ3) is 2.42. The van der Waals surface area contributed by atoms with Crippen LogP contribution >= 0.6 is 11.3 Å². The molecule has 2 heterocycles. The predicted molar refractivity (Wildman–Crippen MR) is 86.0 cm³/mol. The van der Waals surface area contributed by atoms with Crippen LogP contribution in [0.1, 0.15) is 55.4 Å². The number of rotatable bonds is 3. The average Bonchev–Trinajstić information content (AvgIpc) is 3.16. The molecule has 0 saturated heterocycles. The Balaban J connectivity index is 1.77. The summed E-state index contributed by atoms with van der Waals surface area (Å²) in [6, 6.07) is 0.728. The van der Waals surface area contributed by atoms with Gasteiger partial charge < -0.3 is 10.3 Å². The van der Waals surface area contributed by atoms with Crippen molar-refractivity contribution in [2.45, 2.75) is 58.0 Å². The highest BCUT2D eigenvalue weighted by molar-refractivity contribution is 7.18. The number of aromatic nitrogens is 2. The van der Waals surface area contributed by atoms with Crippen LogP contribution in [0, 0.1) is 5.92 Å². The molecule has 1 saturated carbocycles. The van der Waals surface area contributed by atoms with Gasteiger partial charge in [0.05, 0.1) is 11.4 Å². The summed E-state index contributed by atoms with van der Waals surface area (Å²) < 4.78 is 0. The first-order valence-corrected chi connectivity index (χ1v) is 8.74. The van der Waals surface area contributed by atoms with Crippen LogP contribution in [0.2, 0.25) is 0 Å². The van der Waals surface area contributed by atoms with Crippen LogP contribution in [0.25, 0.3) is 10.2 Å². The van der Waals surface area contributed by atoms with E-state index in [1.807, 2.05) is 0 Å². The van der Waals surface area contributed by atoms with Gasteiger partial charge in [0.25, 0.3) is 5.56 Å². The molecule has 0 aromatic carbocycles. The lowest BCUT2D eigenvalue weighted by Gasteiger charge is -2.17. The molecule has 2 aliphatic carbocycles. The molecule has 0 amide bonds. The van der Waals surface area contributed by atoms with Gasteiger partial charge in [-0.1, -0.05) is 6.92 Å². The van der Waals surface area contributed by atoms with E-state index in [2.05, 4.69) is 24.1 Å². The molecule has 1 fully saturated rings. The normalized spacial score (nSPS) is 23.2. The van der Waals surface area contributed by atoms with Gasteiger partial charge in [-0.3, -0.25) is 4.79 Å². The summed E-state index contributed by atoms with van der Waals surface area (Å²) in [5.41, 5.74) is 1.31. The zero-order valence-electron chi connectivity index (χ0n) is 12.5. The largest absolute Gasteiger partial charge is 0.309 e. The number of thiophene rings is 1. The van der Waals surface area contributed by atoms with E-state index in [4.69, 9.17) is 4.98 Å². The quantitative estimate of drug-likeness (QED) is 0.916. The summed E-state index contributed by atoms with van der Waals surface area (Å²) in [5, 5.41) is 4.35. The Morgan fingerprint density at radius 2 is 2.19 bits per heavy atom. The first kappa shape index (κ1) is 13.5. The van der Waals surface area contributed by atoms with Gasteiger partial charge in [0.2, 0.25) is 0 Å². The highest BCUT2D eigenvalue weighted by Gasteiger charge is 2.26. The molecule has 2 atom stereocenters. The molecule has 2 aromatic rings. The zero-order valence-corrected chi connectivity index (χ0v) is 13.3. The third-order valence-electron chi connectivity index (χ3n) is 4.66. The fourth-order valence-corrected chi connectivity index (χ4v) is 4.64. The molecule has 2 aliphatic rings. The number of aromatic amines is 1. The van der Waals surface area contributed by atoms with Gasteiger partial charge in [-0.05, 0) is 50.5 Å². The van der Waals surface area contributed by atoms with E-state index in [9.17, 15) is 4.79 Å². The van der Waals surface area contributed by atoms with E-state index in [1.54, 1.807) is 11.3 Å². The number of nitrogens with zero attached hydrogens (tertiary/aromatic N) is 1. The van der Waals surface area contributed by atoms with Crippen molar-refractivity contribution in [2.75, 3.05) is 0 Å². The Morgan fingerprint density at radius 1 is 1.38 bits per heavy atom. The maximum absolute atomic E-state index is 12.5. The molecule has 4 rings (SSSR count). The molecule has 0 spiro atoms. The summed E-state index contributed by atoms with van der Waals surface area (Å²) in [4.78, 5) is 22.6. The first-order chi connectivity index (χ1) is 10.1. The minimum absolute atomic E-state index is 0.0477. The van der Waals surface area contributed by atoms with Gasteiger partial charge in [-0.2, -0.15) is 0 Å². The number of hydrogen-bond donors (Lipinski definition) is 2. The monoisotopic (exact) mass is 303 g/mol. The molecular formula is C16H21N3OS. The van der Waals surface area contributed by atoms with Crippen molar-refractivity contribution >= 4 is 21.6 Å². The molecule has 0 aliphatic heterocycles. The third-order valence-corrected chi connectivity index (χ3v) is 5.81. The van der Waals surface area contributed by atoms with E-state index < -0.39 is 0 Å².